The second-order valence-electron chi connectivity index (χ2n) is 3.73. The number of hydrogen-bond acceptors (Lipinski definition) is 4. The van der Waals surface area contributed by atoms with Crippen LogP contribution >= 0.6 is 11.8 Å². The lowest BCUT2D eigenvalue weighted by Crippen LogP contribution is -2.08. The van der Waals surface area contributed by atoms with Crippen LogP contribution in [0.1, 0.15) is 18.7 Å². The lowest BCUT2D eigenvalue weighted by atomic mass is 10.2. The zero-order chi connectivity index (χ0) is 12.1. The van der Waals surface area contributed by atoms with E-state index in [9.17, 15) is 0 Å². The standard InChI is InChI=1S/C13H15N3S/c1-10(13-9-14-6-7-15-13)16-11-4-3-5-12(8-11)17-2/h3-10,16H,1-2H3. The van der Waals surface area contributed by atoms with E-state index < -0.39 is 0 Å². The minimum absolute atomic E-state index is 0.154. The van der Waals surface area contributed by atoms with Crippen molar-refractivity contribution in [2.24, 2.45) is 0 Å². The molecule has 0 aliphatic carbocycles. The van der Waals surface area contributed by atoms with Crippen LogP contribution in [0.25, 0.3) is 0 Å². The van der Waals surface area contributed by atoms with Crippen molar-refractivity contribution in [1.29, 1.82) is 0 Å². The Kier molecular flexibility index (Phi) is 3.98. The van der Waals surface area contributed by atoms with Crippen LogP contribution in [0, 0.1) is 0 Å². The van der Waals surface area contributed by atoms with E-state index in [0.717, 1.165) is 11.4 Å². The van der Waals surface area contributed by atoms with Crippen molar-refractivity contribution in [1.82, 2.24) is 9.97 Å². The van der Waals surface area contributed by atoms with Crippen LogP contribution in [0.5, 0.6) is 0 Å². The maximum atomic E-state index is 4.29. The fourth-order valence-corrected chi connectivity index (χ4v) is 2.03. The van der Waals surface area contributed by atoms with E-state index in [1.165, 1.54) is 4.90 Å². The Morgan fingerprint density at radius 1 is 1.29 bits per heavy atom. The molecule has 1 atom stereocenters. The Hall–Kier alpha value is -1.55. The topological polar surface area (TPSA) is 37.8 Å². The number of rotatable bonds is 4. The molecule has 1 aromatic carbocycles. The number of nitrogens with one attached hydrogen (secondary N) is 1. The van der Waals surface area contributed by atoms with Gasteiger partial charge >= 0.3 is 0 Å². The SMILES string of the molecule is CSc1cccc(NC(C)c2cnccn2)c1. The molecular weight excluding hydrogens is 230 g/mol. The lowest BCUT2D eigenvalue weighted by molar-refractivity contribution is 0.827. The Balaban J connectivity index is 2.10. The molecule has 3 nitrogen and oxygen atoms in total. The van der Waals surface area contributed by atoms with Crippen LogP contribution in [0.3, 0.4) is 0 Å². The van der Waals surface area contributed by atoms with Crippen molar-refractivity contribution in [3.63, 3.8) is 0 Å². The van der Waals surface area contributed by atoms with E-state index in [0.29, 0.717) is 0 Å². The molecule has 17 heavy (non-hydrogen) atoms. The molecule has 4 heteroatoms. The van der Waals surface area contributed by atoms with Gasteiger partial charge in [-0.25, -0.2) is 0 Å². The highest BCUT2D eigenvalue weighted by Gasteiger charge is 2.06. The van der Waals surface area contributed by atoms with E-state index in [4.69, 9.17) is 0 Å². The van der Waals surface area contributed by atoms with Crippen molar-refractivity contribution in [2.75, 3.05) is 11.6 Å². The van der Waals surface area contributed by atoms with Crippen molar-refractivity contribution < 1.29 is 0 Å². The molecule has 2 rings (SSSR count). The third-order valence-electron chi connectivity index (χ3n) is 2.48. The molecule has 1 aromatic heterocycles. The number of aromatic nitrogens is 2. The van der Waals surface area contributed by atoms with Gasteiger partial charge in [0.05, 0.1) is 17.9 Å². The predicted octanol–water partition coefficient (Wildman–Crippen LogP) is 3.37. The Morgan fingerprint density at radius 2 is 2.18 bits per heavy atom. The van der Waals surface area contributed by atoms with Crippen LogP contribution in [0.4, 0.5) is 5.69 Å². The summed E-state index contributed by atoms with van der Waals surface area (Å²) < 4.78 is 0. The van der Waals surface area contributed by atoms with Crippen LogP contribution in [-0.2, 0) is 0 Å². The minimum Gasteiger partial charge on any atom is -0.377 e. The first-order valence-electron chi connectivity index (χ1n) is 5.46. The molecule has 0 spiro atoms. The first kappa shape index (κ1) is 11.9. The summed E-state index contributed by atoms with van der Waals surface area (Å²) in [5.41, 5.74) is 2.05. The molecule has 0 fully saturated rings. The Labute approximate surface area is 106 Å². The van der Waals surface area contributed by atoms with Gasteiger partial charge in [0, 0.05) is 23.0 Å². The molecule has 0 aliphatic heterocycles. The summed E-state index contributed by atoms with van der Waals surface area (Å²) in [5, 5.41) is 3.42. The molecule has 1 N–H and O–H groups in total. The summed E-state index contributed by atoms with van der Waals surface area (Å²) in [6.45, 7) is 2.08. The smallest absolute Gasteiger partial charge is 0.0806 e. The highest BCUT2D eigenvalue weighted by Crippen LogP contribution is 2.22. The molecule has 0 amide bonds. The third-order valence-corrected chi connectivity index (χ3v) is 3.21. The monoisotopic (exact) mass is 245 g/mol. The molecule has 0 aliphatic rings. The summed E-state index contributed by atoms with van der Waals surface area (Å²) in [4.78, 5) is 9.61. The quantitative estimate of drug-likeness (QED) is 0.838. The van der Waals surface area contributed by atoms with Gasteiger partial charge < -0.3 is 5.32 Å². The Bertz CT molecular complexity index is 473. The molecule has 0 saturated heterocycles. The fraction of sp³-hybridized carbons (Fsp3) is 0.231. The second kappa shape index (κ2) is 5.68. The first-order valence-corrected chi connectivity index (χ1v) is 6.68. The van der Waals surface area contributed by atoms with Gasteiger partial charge in [-0.05, 0) is 31.4 Å². The first-order chi connectivity index (χ1) is 8.29. The average Bonchev–Trinajstić information content (AvgIpc) is 2.40. The number of thioether (sulfide) groups is 1. The zero-order valence-electron chi connectivity index (χ0n) is 9.92. The largest absolute Gasteiger partial charge is 0.377 e. The average molecular weight is 245 g/mol. The molecule has 0 radical (unpaired) electrons. The van der Waals surface area contributed by atoms with E-state index >= 15 is 0 Å². The summed E-state index contributed by atoms with van der Waals surface area (Å²) in [6.07, 6.45) is 7.26. The maximum Gasteiger partial charge on any atom is 0.0806 e. The summed E-state index contributed by atoms with van der Waals surface area (Å²) >= 11 is 1.74. The highest BCUT2D eigenvalue weighted by atomic mass is 32.2. The summed E-state index contributed by atoms with van der Waals surface area (Å²) in [5.74, 6) is 0. The molecule has 1 heterocycles. The van der Waals surface area contributed by atoms with Crippen molar-refractivity contribution in [3.05, 3.63) is 48.5 Å². The molecule has 88 valence electrons. The molecule has 1 unspecified atom stereocenters. The van der Waals surface area contributed by atoms with Crippen LogP contribution in [0.15, 0.2) is 47.8 Å². The maximum absolute atomic E-state index is 4.29. The fourth-order valence-electron chi connectivity index (χ4n) is 1.57. The van der Waals surface area contributed by atoms with E-state index in [2.05, 4.69) is 52.7 Å². The van der Waals surface area contributed by atoms with Crippen molar-refractivity contribution in [2.45, 2.75) is 17.9 Å². The molecule has 0 bridgehead atoms. The van der Waals surface area contributed by atoms with Crippen LogP contribution < -0.4 is 5.32 Å². The van der Waals surface area contributed by atoms with E-state index in [1.54, 1.807) is 30.4 Å². The van der Waals surface area contributed by atoms with Gasteiger partial charge in [-0.3, -0.25) is 9.97 Å². The van der Waals surface area contributed by atoms with Gasteiger partial charge in [0.1, 0.15) is 0 Å². The molecule has 0 saturated carbocycles. The zero-order valence-corrected chi connectivity index (χ0v) is 10.7. The van der Waals surface area contributed by atoms with Gasteiger partial charge in [0.25, 0.3) is 0 Å². The normalized spacial score (nSPS) is 12.1. The number of anilines is 1. The predicted molar refractivity (Wildman–Crippen MR) is 72.3 cm³/mol. The molecular formula is C13H15N3S. The van der Waals surface area contributed by atoms with Crippen molar-refractivity contribution in [3.8, 4) is 0 Å². The minimum atomic E-state index is 0.154. The van der Waals surface area contributed by atoms with Gasteiger partial charge in [0.2, 0.25) is 0 Å². The van der Waals surface area contributed by atoms with E-state index in [1.807, 2.05) is 0 Å². The Morgan fingerprint density at radius 3 is 2.88 bits per heavy atom. The second-order valence-corrected chi connectivity index (χ2v) is 4.61. The number of benzene rings is 1. The highest BCUT2D eigenvalue weighted by molar-refractivity contribution is 7.98. The summed E-state index contributed by atoms with van der Waals surface area (Å²) in [7, 11) is 0. The van der Waals surface area contributed by atoms with Crippen LogP contribution in [-0.4, -0.2) is 16.2 Å². The van der Waals surface area contributed by atoms with Gasteiger partial charge in [0.15, 0.2) is 0 Å². The number of hydrogen-bond donors (Lipinski definition) is 1. The molecule has 2 aromatic rings. The van der Waals surface area contributed by atoms with Gasteiger partial charge in [-0.15, -0.1) is 11.8 Å². The van der Waals surface area contributed by atoms with Gasteiger partial charge in [-0.2, -0.15) is 0 Å². The third kappa shape index (κ3) is 3.20. The van der Waals surface area contributed by atoms with Crippen LogP contribution in [0.2, 0.25) is 0 Å². The lowest BCUT2D eigenvalue weighted by Gasteiger charge is -2.14. The van der Waals surface area contributed by atoms with E-state index in [-0.39, 0.29) is 6.04 Å². The summed E-state index contributed by atoms with van der Waals surface area (Å²) in [6, 6.07) is 8.51. The van der Waals surface area contributed by atoms with Gasteiger partial charge in [-0.1, -0.05) is 6.07 Å². The van der Waals surface area contributed by atoms with Crippen molar-refractivity contribution >= 4 is 17.4 Å². The number of nitrogens with zero attached hydrogens (tertiary/aromatic N) is 2.